The zero-order chi connectivity index (χ0) is 70.4. The van der Waals surface area contributed by atoms with Crippen molar-refractivity contribution in [1.82, 2.24) is 0 Å². The van der Waals surface area contributed by atoms with E-state index in [1.165, 1.54) is 128 Å². The summed E-state index contributed by atoms with van der Waals surface area (Å²) < 4.78 is 22.8. The Morgan fingerprint density at radius 3 is 0.825 bits per heavy atom. The molecule has 0 fully saturated rings. The van der Waals surface area contributed by atoms with E-state index in [9.17, 15) is 19.5 Å². The Morgan fingerprint density at radius 1 is 0.309 bits per heavy atom. The van der Waals surface area contributed by atoms with Crippen molar-refractivity contribution in [3.05, 3.63) is 170 Å². The van der Waals surface area contributed by atoms with Gasteiger partial charge in [-0.05, 0) is 128 Å². The lowest BCUT2D eigenvalue weighted by Gasteiger charge is -2.26. The molecule has 0 aliphatic heterocycles. The van der Waals surface area contributed by atoms with E-state index in [2.05, 4.69) is 184 Å². The number of carbonyl (C=O) groups excluding carboxylic acids is 3. The van der Waals surface area contributed by atoms with Crippen LogP contribution in [0.3, 0.4) is 0 Å². The Labute approximate surface area is 597 Å². The minimum absolute atomic E-state index is 0.138. The summed E-state index contributed by atoms with van der Waals surface area (Å²) in [5, 5.41) is 11.9. The van der Waals surface area contributed by atoms with Crippen LogP contribution in [0.1, 0.15) is 309 Å². The SMILES string of the molecule is CC/C=C\C/C=C\C/C=C\C/C=C\C/C=C\C/C=C\C/C=C\C/C=C\CCCCCCCCC(=O)OC(COC(=O)CCCCCCCCCCCCCCCCCCCCCCCC/C=C\C/C=C\C/C=C\C/C=C\C/C=C\C/C=C\CC)COC(OCC[N+](C)(C)C)C(=O)[O-]. The maximum atomic E-state index is 13.0. The molecule has 0 N–H and O–H groups in total. The van der Waals surface area contributed by atoms with Crippen molar-refractivity contribution in [2.45, 2.75) is 322 Å². The van der Waals surface area contributed by atoms with Gasteiger partial charge in [0.25, 0.3) is 0 Å². The molecule has 0 rings (SSSR count). The first-order valence-corrected chi connectivity index (χ1v) is 39.3. The minimum atomic E-state index is -1.64. The van der Waals surface area contributed by atoms with E-state index in [0.717, 1.165) is 148 Å². The van der Waals surface area contributed by atoms with E-state index in [1.54, 1.807) is 0 Å². The molecule has 0 bridgehead atoms. The number of aliphatic carboxylic acids is 1. The molecule has 0 saturated heterocycles. The van der Waals surface area contributed by atoms with Crippen molar-refractivity contribution in [3.8, 4) is 0 Å². The van der Waals surface area contributed by atoms with Crippen LogP contribution in [0, 0.1) is 0 Å². The Morgan fingerprint density at radius 2 is 0.557 bits per heavy atom. The molecule has 0 amide bonds. The number of hydrogen-bond acceptors (Lipinski definition) is 8. The Bertz CT molecular complexity index is 2210. The number of quaternary nitrogens is 1. The maximum absolute atomic E-state index is 13.0. The Kier molecular flexibility index (Phi) is 72.2. The summed E-state index contributed by atoms with van der Waals surface area (Å²) in [4.78, 5) is 37.6. The molecular formula is C88H145NO8. The van der Waals surface area contributed by atoms with Gasteiger partial charge in [-0.3, -0.25) is 9.59 Å². The third-order valence-electron chi connectivity index (χ3n) is 16.5. The summed E-state index contributed by atoms with van der Waals surface area (Å²) in [5.41, 5.74) is 0. The van der Waals surface area contributed by atoms with E-state index >= 15 is 0 Å². The quantitative estimate of drug-likeness (QED) is 0.0195. The van der Waals surface area contributed by atoms with Crippen molar-refractivity contribution < 1.29 is 42.9 Å². The van der Waals surface area contributed by atoms with Crippen LogP contribution in [0.2, 0.25) is 0 Å². The summed E-state index contributed by atoms with van der Waals surface area (Å²) in [6.45, 7) is 4.51. The van der Waals surface area contributed by atoms with E-state index in [0.29, 0.717) is 17.4 Å². The van der Waals surface area contributed by atoms with Crippen LogP contribution in [0.4, 0.5) is 0 Å². The van der Waals surface area contributed by atoms with Gasteiger partial charge < -0.3 is 33.3 Å². The van der Waals surface area contributed by atoms with Crippen LogP contribution < -0.4 is 5.11 Å². The Hall–Kier alpha value is -5.35. The molecule has 0 aromatic carbocycles. The highest BCUT2D eigenvalue weighted by atomic mass is 16.7. The van der Waals surface area contributed by atoms with Gasteiger partial charge in [0.2, 0.25) is 0 Å². The molecule has 0 heterocycles. The molecule has 0 saturated carbocycles. The lowest BCUT2D eigenvalue weighted by Crippen LogP contribution is -2.44. The summed E-state index contributed by atoms with van der Waals surface area (Å²) >= 11 is 0. The molecule has 2 unspecified atom stereocenters. The normalized spacial score (nSPS) is 13.6. The first-order chi connectivity index (χ1) is 47.6. The smallest absolute Gasteiger partial charge is 0.306 e. The molecule has 0 radical (unpaired) electrons. The molecule has 550 valence electrons. The zero-order valence-electron chi connectivity index (χ0n) is 62.9. The average molecular weight is 1350 g/mol. The number of carboxylic acid groups (broad SMARTS) is 1. The van der Waals surface area contributed by atoms with Crippen molar-refractivity contribution in [2.24, 2.45) is 0 Å². The van der Waals surface area contributed by atoms with Crippen molar-refractivity contribution in [1.29, 1.82) is 0 Å². The van der Waals surface area contributed by atoms with Crippen molar-refractivity contribution >= 4 is 17.9 Å². The average Bonchev–Trinajstić information content (AvgIpc) is 2.39. The number of rotatable bonds is 71. The number of hydrogen-bond donors (Lipinski definition) is 0. The number of unbranched alkanes of at least 4 members (excludes halogenated alkanes) is 28. The number of likely N-dealkylation sites (N-methyl/N-ethyl adjacent to an activating group) is 1. The van der Waals surface area contributed by atoms with Crippen LogP contribution in [0.15, 0.2) is 170 Å². The lowest BCUT2D eigenvalue weighted by atomic mass is 10.0. The summed E-state index contributed by atoms with van der Waals surface area (Å²) in [5.74, 6) is -2.30. The van der Waals surface area contributed by atoms with Gasteiger partial charge in [0.1, 0.15) is 13.2 Å². The first kappa shape index (κ1) is 91.6. The van der Waals surface area contributed by atoms with Crippen LogP contribution in [-0.2, 0) is 33.3 Å². The lowest BCUT2D eigenvalue weighted by molar-refractivity contribution is -0.870. The number of carbonyl (C=O) groups is 3. The van der Waals surface area contributed by atoms with Crippen molar-refractivity contribution in [3.63, 3.8) is 0 Å². The molecule has 9 heteroatoms. The molecule has 0 aromatic heterocycles. The van der Waals surface area contributed by atoms with Gasteiger partial charge in [-0.25, -0.2) is 0 Å². The number of allylic oxidation sites excluding steroid dienone is 28. The number of nitrogens with zero attached hydrogens (tertiary/aromatic N) is 1. The molecule has 0 aliphatic carbocycles. The van der Waals surface area contributed by atoms with E-state index in [1.807, 2.05) is 21.1 Å². The van der Waals surface area contributed by atoms with E-state index in [4.69, 9.17) is 18.9 Å². The third kappa shape index (κ3) is 77.9. The van der Waals surface area contributed by atoms with Crippen molar-refractivity contribution in [2.75, 3.05) is 47.5 Å². The van der Waals surface area contributed by atoms with Crippen LogP contribution >= 0.6 is 0 Å². The maximum Gasteiger partial charge on any atom is 0.306 e. The standard InChI is InChI=1S/C88H145NO8/c1-6-8-10-12-14-16-18-20-22-24-26-28-30-32-34-36-38-39-40-41-42-43-44-45-46-47-49-50-52-54-56-58-60-62-64-66-68-70-72-74-76-78-85(90)95-82-84(83-96-88(87(92)93)94-81-80-89(3,4)5)97-86(91)79-77-75-73-71-69-67-65-63-61-59-57-55-53-51-48-37-35-33-31-29-27-25-23-21-19-17-15-13-11-9-7-2/h8-11,14-17,20-23,26-29,32-35,38-39,48,51,55,57,61,63,84,88H,6-7,12-13,18-19,24-25,30-31,36-37,40-47,49-50,52-54,56,58-60,62,64-83H2,1-5H3/b10-8-,11-9-,16-14-,17-15-,22-20-,23-21-,28-26-,29-27-,34-32-,35-33-,39-38-,51-48-,57-55-,63-61-. The molecule has 2 atom stereocenters. The number of ether oxygens (including phenoxy) is 4. The fourth-order valence-corrected chi connectivity index (χ4v) is 10.6. The van der Waals surface area contributed by atoms with Crippen LogP contribution in [0.25, 0.3) is 0 Å². The largest absolute Gasteiger partial charge is 0.545 e. The molecule has 0 aromatic rings. The fraction of sp³-hybridized carbons (Fsp3) is 0.648. The van der Waals surface area contributed by atoms with Gasteiger partial charge >= 0.3 is 11.9 Å². The second-order valence-electron chi connectivity index (χ2n) is 26.9. The Balaban J connectivity index is 4.07. The molecule has 0 spiro atoms. The fourth-order valence-electron chi connectivity index (χ4n) is 10.6. The highest BCUT2D eigenvalue weighted by molar-refractivity contribution is 5.70. The molecule has 97 heavy (non-hydrogen) atoms. The van der Waals surface area contributed by atoms with Gasteiger partial charge in [-0.2, -0.15) is 0 Å². The van der Waals surface area contributed by atoms with Gasteiger partial charge in [0, 0.05) is 12.8 Å². The molecule has 9 nitrogen and oxygen atoms in total. The topological polar surface area (TPSA) is 111 Å². The first-order valence-electron chi connectivity index (χ1n) is 39.3. The van der Waals surface area contributed by atoms with Crippen LogP contribution in [-0.4, -0.2) is 82.3 Å². The van der Waals surface area contributed by atoms with Gasteiger partial charge in [-0.1, -0.05) is 338 Å². The van der Waals surface area contributed by atoms with Crippen LogP contribution in [0.5, 0.6) is 0 Å². The summed E-state index contributed by atoms with van der Waals surface area (Å²) in [6, 6.07) is 0. The van der Waals surface area contributed by atoms with Gasteiger partial charge in [0.05, 0.1) is 40.3 Å². The second-order valence-corrected chi connectivity index (χ2v) is 26.9. The third-order valence-corrected chi connectivity index (χ3v) is 16.5. The summed E-state index contributed by atoms with van der Waals surface area (Å²) in [7, 11) is 5.92. The number of esters is 2. The van der Waals surface area contributed by atoms with Gasteiger partial charge in [-0.15, -0.1) is 0 Å². The molecular weight excluding hydrogens is 1200 g/mol. The van der Waals surface area contributed by atoms with E-state index < -0.39 is 24.3 Å². The summed E-state index contributed by atoms with van der Waals surface area (Å²) in [6.07, 6.45) is 112. The highest BCUT2D eigenvalue weighted by Gasteiger charge is 2.22. The number of carboxylic acids is 1. The monoisotopic (exact) mass is 1340 g/mol. The predicted octanol–water partition coefficient (Wildman–Crippen LogP) is 24.0. The molecule has 0 aliphatic rings. The van der Waals surface area contributed by atoms with Gasteiger partial charge in [0.15, 0.2) is 12.4 Å². The second kappa shape index (κ2) is 76.4. The highest BCUT2D eigenvalue weighted by Crippen LogP contribution is 2.18. The zero-order valence-corrected chi connectivity index (χ0v) is 62.9. The minimum Gasteiger partial charge on any atom is -0.545 e. The predicted molar refractivity (Wildman–Crippen MR) is 416 cm³/mol. The van der Waals surface area contributed by atoms with E-state index in [-0.39, 0.29) is 38.6 Å².